The van der Waals surface area contributed by atoms with E-state index in [1.165, 1.54) is 0 Å². The Bertz CT molecular complexity index is 692. The Morgan fingerprint density at radius 3 is 2.42 bits per heavy atom. The first-order valence-corrected chi connectivity index (χ1v) is 6.29. The highest BCUT2D eigenvalue weighted by atomic mass is 35.5. The molecule has 4 nitrogen and oxygen atoms in total. The fourth-order valence-corrected chi connectivity index (χ4v) is 1.99. The molecular weight excluding hydrogens is 283 g/mol. The standard InChI is InChI=1S/C13H8Cl2N4/c14-9-4-6-10(7-5-9)19-12(17-13(15)18-19)11-3-1-2-8-16-11/h1-8H. The minimum Gasteiger partial charge on any atom is -0.253 e. The molecule has 0 saturated heterocycles. The summed E-state index contributed by atoms with van der Waals surface area (Å²) in [4.78, 5) is 8.46. The molecule has 94 valence electrons. The molecule has 0 bridgehead atoms. The lowest BCUT2D eigenvalue weighted by atomic mass is 10.3. The summed E-state index contributed by atoms with van der Waals surface area (Å²) < 4.78 is 1.64. The van der Waals surface area contributed by atoms with Crippen LogP contribution in [0.5, 0.6) is 0 Å². The van der Waals surface area contributed by atoms with E-state index in [0.717, 1.165) is 5.69 Å². The number of pyridine rings is 1. The van der Waals surface area contributed by atoms with Crippen LogP contribution in [0.25, 0.3) is 17.2 Å². The lowest BCUT2D eigenvalue weighted by Crippen LogP contribution is -2.00. The highest BCUT2D eigenvalue weighted by Crippen LogP contribution is 2.21. The summed E-state index contributed by atoms with van der Waals surface area (Å²) in [5.41, 5.74) is 1.53. The molecule has 6 heteroatoms. The summed E-state index contributed by atoms with van der Waals surface area (Å²) in [6.45, 7) is 0. The second-order valence-corrected chi connectivity index (χ2v) is 4.58. The van der Waals surface area contributed by atoms with Gasteiger partial charge in [-0.1, -0.05) is 17.7 Å². The third kappa shape index (κ3) is 2.45. The van der Waals surface area contributed by atoms with Gasteiger partial charge in [-0.25, -0.2) is 4.68 Å². The second-order valence-electron chi connectivity index (χ2n) is 3.81. The quantitative estimate of drug-likeness (QED) is 0.724. The number of hydrogen-bond acceptors (Lipinski definition) is 3. The van der Waals surface area contributed by atoms with Crippen LogP contribution in [-0.2, 0) is 0 Å². The van der Waals surface area contributed by atoms with Gasteiger partial charge in [0.1, 0.15) is 5.69 Å². The molecule has 0 aliphatic carbocycles. The van der Waals surface area contributed by atoms with Gasteiger partial charge in [0.2, 0.25) is 5.28 Å². The highest BCUT2D eigenvalue weighted by molar-refractivity contribution is 6.30. The first kappa shape index (κ1) is 12.1. The number of aromatic nitrogens is 4. The average Bonchev–Trinajstić information content (AvgIpc) is 2.83. The van der Waals surface area contributed by atoms with Crippen LogP contribution in [0, 0.1) is 0 Å². The molecule has 0 unspecified atom stereocenters. The van der Waals surface area contributed by atoms with E-state index in [1.807, 2.05) is 30.3 Å². The molecule has 2 heterocycles. The third-order valence-electron chi connectivity index (χ3n) is 2.55. The lowest BCUT2D eigenvalue weighted by molar-refractivity contribution is 0.883. The molecule has 19 heavy (non-hydrogen) atoms. The summed E-state index contributed by atoms with van der Waals surface area (Å²) in [7, 11) is 0. The van der Waals surface area contributed by atoms with Crippen LogP contribution in [0.2, 0.25) is 10.3 Å². The summed E-state index contributed by atoms with van der Waals surface area (Å²) in [5.74, 6) is 0.591. The van der Waals surface area contributed by atoms with Crippen LogP contribution in [0.3, 0.4) is 0 Å². The number of rotatable bonds is 2. The molecule has 0 saturated carbocycles. The molecule has 0 amide bonds. The molecule has 3 aromatic rings. The van der Waals surface area contributed by atoms with Gasteiger partial charge in [-0.05, 0) is 48.0 Å². The van der Waals surface area contributed by atoms with Gasteiger partial charge in [0.15, 0.2) is 5.82 Å². The summed E-state index contributed by atoms with van der Waals surface area (Å²) in [6, 6.07) is 12.8. The normalized spacial score (nSPS) is 10.6. The maximum absolute atomic E-state index is 5.90. The van der Waals surface area contributed by atoms with E-state index in [9.17, 15) is 0 Å². The Labute approximate surface area is 119 Å². The third-order valence-corrected chi connectivity index (χ3v) is 2.96. The van der Waals surface area contributed by atoms with Crippen LogP contribution >= 0.6 is 23.2 Å². The van der Waals surface area contributed by atoms with Crippen molar-refractivity contribution in [2.75, 3.05) is 0 Å². The van der Waals surface area contributed by atoms with Gasteiger partial charge in [0, 0.05) is 11.2 Å². The Morgan fingerprint density at radius 2 is 1.74 bits per heavy atom. The minimum atomic E-state index is 0.176. The van der Waals surface area contributed by atoms with Crippen molar-refractivity contribution in [1.29, 1.82) is 0 Å². The molecule has 3 rings (SSSR count). The monoisotopic (exact) mass is 290 g/mol. The Balaban J connectivity index is 2.15. The number of halogens is 2. The summed E-state index contributed by atoms with van der Waals surface area (Å²) >= 11 is 11.8. The van der Waals surface area contributed by atoms with E-state index in [1.54, 1.807) is 23.0 Å². The largest absolute Gasteiger partial charge is 0.253 e. The predicted octanol–water partition coefficient (Wildman–Crippen LogP) is 3.64. The zero-order chi connectivity index (χ0) is 13.2. The minimum absolute atomic E-state index is 0.176. The molecule has 1 aromatic carbocycles. The van der Waals surface area contributed by atoms with Gasteiger partial charge in [0.25, 0.3) is 0 Å². The van der Waals surface area contributed by atoms with E-state index in [4.69, 9.17) is 23.2 Å². The van der Waals surface area contributed by atoms with E-state index in [-0.39, 0.29) is 5.28 Å². The van der Waals surface area contributed by atoms with Crippen molar-refractivity contribution in [2.24, 2.45) is 0 Å². The van der Waals surface area contributed by atoms with E-state index < -0.39 is 0 Å². The molecule has 0 radical (unpaired) electrons. The summed E-state index contributed by atoms with van der Waals surface area (Å²) in [6.07, 6.45) is 1.70. The zero-order valence-corrected chi connectivity index (χ0v) is 11.2. The first-order valence-electron chi connectivity index (χ1n) is 5.54. The molecular formula is C13H8Cl2N4. The smallest absolute Gasteiger partial charge is 0.243 e. The average molecular weight is 291 g/mol. The van der Waals surface area contributed by atoms with Crippen LogP contribution in [0.4, 0.5) is 0 Å². The van der Waals surface area contributed by atoms with Crippen molar-refractivity contribution >= 4 is 23.2 Å². The Kier molecular flexibility index (Phi) is 3.19. The van der Waals surface area contributed by atoms with Crippen molar-refractivity contribution in [3.8, 4) is 17.2 Å². The van der Waals surface area contributed by atoms with Crippen LogP contribution in [0.15, 0.2) is 48.7 Å². The summed E-state index contributed by atoms with van der Waals surface area (Å²) in [5, 5.41) is 5.01. The van der Waals surface area contributed by atoms with Crippen molar-refractivity contribution in [1.82, 2.24) is 19.7 Å². The first-order chi connectivity index (χ1) is 9.24. The topological polar surface area (TPSA) is 43.6 Å². The Morgan fingerprint density at radius 1 is 0.947 bits per heavy atom. The number of benzene rings is 1. The second kappa shape index (κ2) is 4.99. The molecule has 0 fully saturated rings. The molecule has 0 atom stereocenters. The fraction of sp³-hybridized carbons (Fsp3) is 0. The van der Waals surface area contributed by atoms with Gasteiger partial charge in [-0.3, -0.25) is 4.98 Å². The number of hydrogen-bond donors (Lipinski definition) is 0. The maximum Gasteiger partial charge on any atom is 0.243 e. The van der Waals surface area contributed by atoms with Crippen LogP contribution < -0.4 is 0 Å². The van der Waals surface area contributed by atoms with Crippen LogP contribution in [-0.4, -0.2) is 19.7 Å². The Hall–Kier alpha value is -1.91. The van der Waals surface area contributed by atoms with Gasteiger partial charge in [-0.2, -0.15) is 4.98 Å². The molecule has 2 aromatic heterocycles. The van der Waals surface area contributed by atoms with E-state index >= 15 is 0 Å². The highest BCUT2D eigenvalue weighted by Gasteiger charge is 2.13. The van der Waals surface area contributed by atoms with Gasteiger partial charge in [0.05, 0.1) is 5.69 Å². The predicted molar refractivity (Wildman–Crippen MR) is 74.6 cm³/mol. The number of nitrogens with zero attached hydrogens (tertiary/aromatic N) is 4. The molecule has 0 aliphatic heterocycles. The fourth-order valence-electron chi connectivity index (χ4n) is 1.71. The molecule has 0 spiro atoms. The van der Waals surface area contributed by atoms with Crippen molar-refractivity contribution in [3.63, 3.8) is 0 Å². The van der Waals surface area contributed by atoms with Gasteiger partial charge in [-0.15, -0.1) is 5.10 Å². The van der Waals surface area contributed by atoms with Crippen molar-refractivity contribution < 1.29 is 0 Å². The van der Waals surface area contributed by atoms with Gasteiger partial charge >= 0.3 is 0 Å². The molecule has 0 N–H and O–H groups in total. The van der Waals surface area contributed by atoms with Crippen molar-refractivity contribution in [2.45, 2.75) is 0 Å². The van der Waals surface area contributed by atoms with E-state index in [0.29, 0.717) is 16.5 Å². The van der Waals surface area contributed by atoms with Gasteiger partial charge < -0.3 is 0 Å². The zero-order valence-electron chi connectivity index (χ0n) is 9.66. The van der Waals surface area contributed by atoms with Crippen LogP contribution in [0.1, 0.15) is 0 Å². The lowest BCUT2D eigenvalue weighted by Gasteiger charge is -2.05. The maximum atomic E-state index is 5.90. The molecule has 0 aliphatic rings. The SMILES string of the molecule is Clc1ccc(-n2nc(Cl)nc2-c2ccccn2)cc1. The van der Waals surface area contributed by atoms with E-state index in [2.05, 4.69) is 15.1 Å². The van der Waals surface area contributed by atoms with Crippen molar-refractivity contribution in [3.05, 3.63) is 59.0 Å².